The van der Waals surface area contributed by atoms with Crippen LogP contribution in [0, 0.1) is 0 Å². The van der Waals surface area contributed by atoms with E-state index in [4.69, 9.17) is 4.74 Å². The first-order chi connectivity index (χ1) is 13.2. The normalized spacial score (nSPS) is 14.3. The Balaban J connectivity index is 1.40. The van der Waals surface area contributed by atoms with Crippen LogP contribution >= 0.6 is 11.3 Å². The molecular weight excluding hydrogens is 360 g/mol. The van der Waals surface area contributed by atoms with Gasteiger partial charge < -0.3 is 14.5 Å². The van der Waals surface area contributed by atoms with Crippen molar-refractivity contribution in [3.05, 3.63) is 52.2 Å². The predicted molar refractivity (Wildman–Crippen MR) is 107 cm³/mol. The third kappa shape index (κ3) is 5.57. The monoisotopic (exact) mass is 386 g/mol. The van der Waals surface area contributed by atoms with Crippen LogP contribution in [0.5, 0.6) is 5.75 Å². The van der Waals surface area contributed by atoms with Gasteiger partial charge in [0.15, 0.2) is 0 Å². The molecule has 6 heteroatoms. The van der Waals surface area contributed by atoms with Crippen LogP contribution in [0.1, 0.15) is 23.3 Å². The number of carbonyl (C=O) groups excluding carboxylic acids is 2. The summed E-state index contributed by atoms with van der Waals surface area (Å²) in [6.07, 6.45) is 2.54. The summed E-state index contributed by atoms with van der Waals surface area (Å²) in [5.41, 5.74) is 1.10. The number of rotatable bonds is 7. The smallest absolute Gasteiger partial charge is 0.223 e. The molecule has 1 aliphatic rings. The summed E-state index contributed by atoms with van der Waals surface area (Å²) < 4.78 is 5.22. The molecule has 144 valence electrons. The number of ether oxygens (including phenoxy) is 1. The first-order valence-corrected chi connectivity index (χ1v) is 10.2. The molecule has 2 aromatic rings. The van der Waals surface area contributed by atoms with Gasteiger partial charge in [-0.1, -0.05) is 18.2 Å². The van der Waals surface area contributed by atoms with E-state index in [1.165, 1.54) is 4.88 Å². The highest BCUT2D eigenvalue weighted by Gasteiger charge is 2.23. The first-order valence-electron chi connectivity index (χ1n) is 9.36. The number of hydrogen-bond donors (Lipinski definition) is 0. The third-order valence-corrected chi connectivity index (χ3v) is 5.85. The quantitative estimate of drug-likeness (QED) is 0.735. The number of benzene rings is 1. The van der Waals surface area contributed by atoms with Gasteiger partial charge in [-0.05, 0) is 42.0 Å². The molecule has 27 heavy (non-hydrogen) atoms. The molecule has 1 aromatic heterocycles. The van der Waals surface area contributed by atoms with Gasteiger partial charge in [0, 0.05) is 43.9 Å². The molecule has 0 aliphatic carbocycles. The van der Waals surface area contributed by atoms with Crippen LogP contribution < -0.4 is 4.74 Å². The van der Waals surface area contributed by atoms with Gasteiger partial charge in [-0.25, -0.2) is 0 Å². The van der Waals surface area contributed by atoms with Crippen molar-refractivity contribution in [3.63, 3.8) is 0 Å². The van der Waals surface area contributed by atoms with Crippen LogP contribution in [0.15, 0.2) is 41.8 Å². The standard InChI is InChI=1S/C21H26N2O3S/c1-26-18-5-2-4-17(16-18)7-9-20(24)22-11-13-23(14-12-22)21(25)10-8-19-6-3-15-27-19/h2-6,15-16H,7-14H2,1H3. The number of methoxy groups -OCH3 is 1. The molecule has 1 aliphatic heterocycles. The van der Waals surface area contributed by atoms with Crippen LogP contribution in [0.25, 0.3) is 0 Å². The summed E-state index contributed by atoms with van der Waals surface area (Å²) in [4.78, 5) is 29.8. The van der Waals surface area contributed by atoms with E-state index in [2.05, 4.69) is 6.07 Å². The molecule has 0 bridgehead atoms. The maximum atomic E-state index is 12.5. The zero-order valence-electron chi connectivity index (χ0n) is 15.7. The second-order valence-corrected chi connectivity index (χ2v) is 7.72. The van der Waals surface area contributed by atoms with Gasteiger partial charge in [0.25, 0.3) is 0 Å². The molecule has 0 unspecified atom stereocenters. The molecule has 5 nitrogen and oxygen atoms in total. The summed E-state index contributed by atoms with van der Waals surface area (Å²) in [5, 5.41) is 2.04. The van der Waals surface area contributed by atoms with Crippen LogP contribution in [0.4, 0.5) is 0 Å². The largest absolute Gasteiger partial charge is 0.497 e. The number of piperazine rings is 1. The van der Waals surface area contributed by atoms with Gasteiger partial charge in [-0.3, -0.25) is 9.59 Å². The fourth-order valence-corrected chi connectivity index (χ4v) is 3.99. The number of aryl methyl sites for hydroxylation is 2. The van der Waals surface area contributed by atoms with Crippen molar-refractivity contribution in [2.24, 2.45) is 0 Å². The van der Waals surface area contributed by atoms with Crippen LogP contribution in [-0.4, -0.2) is 54.9 Å². The summed E-state index contributed by atoms with van der Waals surface area (Å²) in [6, 6.07) is 11.9. The lowest BCUT2D eigenvalue weighted by Gasteiger charge is -2.35. The molecule has 3 rings (SSSR count). The Morgan fingerprint density at radius 1 is 0.963 bits per heavy atom. The van der Waals surface area contributed by atoms with E-state index in [-0.39, 0.29) is 11.8 Å². The minimum atomic E-state index is 0.156. The maximum absolute atomic E-state index is 12.5. The third-order valence-electron chi connectivity index (χ3n) is 4.91. The molecule has 1 fully saturated rings. The van der Waals surface area contributed by atoms with Crippen LogP contribution in [0.2, 0.25) is 0 Å². The summed E-state index contributed by atoms with van der Waals surface area (Å²) >= 11 is 1.69. The number of carbonyl (C=O) groups is 2. The molecule has 2 heterocycles. The van der Waals surface area contributed by atoms with Crippen LogP contribution in [0.3, 0.4) is 0 Å². The minimum Gasteiger partial charge on any atom is -0.497 e. The lowest BCUT2D eigenvalue weighted by molar-refractivity contribution is -0.139. The lowest BCUT2D eigenvalue weighted by atomic mass is 10.1. The molecule has 1 aromatic carbocycles. The minimum absolute atomic E-state index is 0.156. The topological polar surface area (TPSA) is 49.9 Å². The van der Waals surface area contributed by atoms with E-state index < -0.39 is 0 Å². The van der Waals surface area contributed by atoms with E-state index in [9.17, 15) is 9.59 Å². The van der Waals surface area contributed by atoms with Crippen molar-refractivity contribution in [3.8, 4) is 5.75 Å². The first kappa shape index (κ1) is 19.4. The molecule has 0 spiro atoms. The predicted octanol–water partition coefficient (Wildman–Crippen LogP) is 2.99. The highest BCUT2D eigenvalue weighted by atomic mass is 32.1. The highest BCUT2D eigenvalue weighted by Crippen LogP contribution is 2.16. The Morgan fingerprint density at radius 3 is 2.22 bits per heavy atom. The number of nitrogens with zero attached hydrogens (tertiary/aromatic N) is 2. The molecule has 2 amide bonds. The van der Waals surface area contributed by atoms with E-state index in [0.717, 1.165) is 17.7 Å². The van der Waals surface area contributed by atoms with E-state index in [0.29, 0.717) is 45.4 Å². The van der Waals surface area contributed by atoms with Gasteiger partial charge in [0.2, 0.25) is 11.8 Å². The number of thiophene rings is 1. The molecule has 0 N–H and O–H groups in total. The van der Waals surface area contributed by atoms with Gasteiger partial charge >= 0.3 is 0 Å². The average Bonchev–Trinajstić information content (AvgIpc) is 3.24. The van der Waals surface area contributed by atoms with Gasteiger partial charge in [0.1, 0.15) is 5.75 Å². The van der Waals surface area contributed by atoms with Crippen molar-refractivity contribution in [2.45, 2.75) is 25.7 Å². The second-order valence-electron chi connectivity index (χ2n) is 6.69. The molecular formula is C21H26N2O3S. The van der Waals surface area contributed by atoms with E-state index >= 15 is 0 Å². The number of hydrogen-bond acceptors (Lipinski definition) is 4. The SMILES string of the molecule is COc1cccc(CCC(=O)N2CCN(C(=O)CCc3cccs3)CC2)c1. The van der Waals surface area contributed by atoms with Crippen molar-refractivity contribution in [2.75, 3.05) is 33.3 Å². The van der Waals surface area contributed by atoms with Crippen molar-refractivity contribution in [1.82, 2.24) is 9.80 Å². The Bertz CT molecular complexity index is 753. The van der Waals surface area contributed by atoms with Gasteiger partial charge in [0.05, 0.1) is 7.11 Å². The Kier molecular flexibility index (Phi) is 6.87. The molecule has 0 saturated carbocycles. The average molecular weight is 387 g/mol. The van der Waals surface area contributed by atoms with Crippen molar-refractivity contribution >= 4 is 23.2 Å². The summed E-state index contributed by atoms with van der Waals surface area (Å²) in [7, 11) is 1.64. The van der Waals surface area contributed by atoms with Crippen molar-refractivity contribution in [1.29, 1.82) is 0 Å². The maximum Gasteiger partial charge on any atom is 0.223 e. The fourth-order valence-electron chi connectivity index (χ4n) is 3.29. The fraction of sp³-hybridized carbons (Fsp3) is 0.429. The Labute approximate surface area is 164 Å². The lowest BCUT2D eigenvalue weighted by Crippen LogP contribution is -2.50. The van der Waals surface area contributed by atoms with Gasteiger partial charge in [-0.2, -0.15) is 0 Å². The van der Waals surface area contributed by atoms with E-state index in [1.54, 1.807) is 18.4 Å². The molecule has 1 saturated heterocycles. The highest BCUT2D eigenvalue weighted by molar-refractivity contribution is 7.09. The summed E-state index contributed by atoms with van der Waals surface area (Å²) in [5.74, 6) is 1.16. The van der Waals surface area contributed by atoms with Crippen LogP contribution in [-0.2, 0) is 22.4 Å². The van der Waals surface area contributed by atoms with E-state index in [1.807, 2.05) is 45.5 Å². The zero-order chi connectivity index (χ0) is 19.1. The molecule has 0 atom stereocenters. The number of amides is 2. The Hall–Kier alpha value is -2.34. The molecule has 0 radical (unpaired) electrons. The van der Waals surface area contributed by atoms with Crippen molar-refractivity contribution < 1.29 is 14.3 Å². The second kappa shape index (κ2) is 9.55. The summed E-state index contributed by atoms with van der Waals surface area (Å²) in [6.45, 7) is 2.52. The Morgan fingerprint density at radius 2 is 1.63 bits per heavy atom. The zero-order valence-corrected chi connectivity index (χ0v) is 16.5. The van der Waals surface area contributed by atoms with Gasteiger partial charge in [-0.15, -0.1) is 11.3 Å².